The Labute approximate surface area is 158 Å². The Kier molecular flexibility index (Phi) is 6.26. The van der Waals surface area contributed by atoms with Crippen molar-refractivity contribution in [3.8, 4) is 11.5 Å². The summed E-state index contributed by atoms with van der Waals surface area (Å²) in [6.45, 7) is 6.91. The van der Waals surface area contributed by atoms with Crippen molar-refractivity contribution in [2.45, 2.75) is 34.1 Å². The normalized spacial score (nSPS) is 11.3. The molecule has 0 atom stereocenters. The maximum absolute atomic E-state index is 11.9. The van der Waals surface area contributed by atoms with Crippen LogP contribution in [-0.4, -0.2) is 24.9 Å². The second-order valence-corrected chi connectivity index (χ2v) is 8.15. The number of Topliss-reactive ketones (excluding diaryl/α,β-unsaturated/α-hetero) is 1. The van der Waals surface area contributed by atoms with Gasteiger partial charge >= 0.3 is 0 Å². The number of benzene rings is 1. The average Bonchev–Trinajstić information content (AvgIpc) is 2.53. The Balaban J connectivity index is 2.39. The molecule has 1 aromatic carbocycles. The molecule has 8 heteroatoms. The number of nitrogens with zero attached hydrogens (tertiary/aromatic N) is 1. The van der Waals surface area contributed by atoms with Gasteiger partial charge in [0.05, 0.1) is 5.75 Å². The monoisotopic (exact) mass is 396 g/mol. The number of carbonyl (C=O) groups excluding carboxylic acids is 1. The largest absolute Gasteiger partial charge is 0.455 e. The summed E-state index contributed by atoms with van der Waals surface area (Å²) in [5.41, 5.74) is 2.14. The van der Waals surface area contributed by atoms with Gasteiger partial charge in [-0.05, 0) is 38.8 Å². The molecule has 2 aromatic rings. The van der Waals surface area contributed by atoms with Crippen LogP contribution in [0.2, 0.25) is 5.02 Å². The van der Waals surface area contributed by atoms with Crippen molar-refractivity contribution < 1.29 is 17.9 Å². The molecule has 0 unspecified atom stereocenters. The zero-order chi connectivity index (χ0) is 19.5. The van der Waals surface area contributed by atoms with E-state index in [0.29, 0.717) is 23.3 Å². The SMILES string of the molecule is CCCS(=O)(=O)Nc1nccc(Oc2ccc(C)c(C(C)=O)c2C)c1Cl. The lowest BCUT2D eigenvalue weighted by Crippen LogP contribution is -2.17. The fourth-order valence-electron chi connectivity index (χ4n) is 2.64. The number of ketones is 1. The number of hydrogen-bond acceptors (Lipinski definition) is 5. The molecule has 6 nitrogen and oxygen atoms in total. The zero-order valence-electron chi connectivity index (χ0n) is 15.1. The Morgan fingerprint density at radius 3 is 2.54 bits per heavy atom. The molecule has 0 radical (unpaired) electrons. The van der Waals surface area contributed by atoms with Crippen LogP contribution in [0.3, 0.4) is 0 Å². The lowest BCUT2D eigenvalue weighted by atomic mass is 9.99. The highest BCUT2D eigenvalue weighted by Crippen LogP contribution is 2.36. The molecule has 0 amide bonds. The molecule has 0 aliphatic carbocycles. The maximum atomic E-state index is 11.9. The highest BCUT2D eigenvalue weighted by atomic mass is 35.5. The molecule has 0 saturated heterocycles. The summed E-state index contributed by atoms with van der Waals surface area (Å²) in [6.07, 6.45) is 1.87. The second-order valence-electron chi connectivity index (χ2n) is 5.93. The molecule has 26 heavy (non-hydrogen) atoms. The van der Waals surface area contributed by atoms with Gasteiger partial charge in [0.2, 0.25) is 10.0 Å². The van der Waals surface area contributed by atoms with Gasteiger partial charge in [0.25, 0.3) is 0 Å². The van der Waals surface area contributed by atoms with Gasteiger partial charge in [-0.1, -0.05) is 24.6 Å². The lowest BCUT2D eigenvalue weighted by Gasteiger charge is -2.15. The van der Waals surface area contributed by atoms with Gasteiger partial charge in [-0.3, -0.25) is 9.52 Å². The molecule has 1 aromatic heterocycles. The minimum Gasteiger partial charge on any atom is -0.455 e. The molecule has 1 N–H and O–H groups in total. The van der Waals surface area contributed by atoms with E-state index in [1.165, 1.54) is 19.2 Å². The Bertz CT molecular complexity index is 942. The molecule has 0 aliphatic heterocycles. The van der Waals surface area contributed by atoms with Crippen molar-refractivity contribution >= 4 is 33.2 Å². The van der Waals surface area contributed by atoms with Crippen molar-refractivity contribution in [3.05, 3.63) is 46.1 Å². The smallest absolute Gasteiger partial charge is 0.233 e. The summed E-state index contributed by atoms with van der Waals surface area (Å²) >= 11 is 6.27. The maximum Gasteiger partial charge on any atom is 0.233 e. The predicted octanol–water partition coefficient (Wildman–Crippen LogP) is 4.50. The minimum atomic E-state index is -3.53. The third-order valence-electron chi connectivity index (χ3n) is 3.77. The van der Waals surface area contributed by atoms with E-state index in [9.17, 15) is 13.2 Å². The van der Waals surface area contributed by atoms with Crippen molar-refractivity contribution in [1.82, 2.24) is 4.98 Å². The quantitative estimate of drug-likeness (QED) is 0.696. The van der Waals surface area contributed by atoms with Crippen LogP contribution in [-0.2, 0) is 10.0 Å². The van der Waals surface area contributed by atoms with Gasteiger partial charge in [-0.2, -0.15) is 0 Å². The molecular formula is C18H21ClN2O4S. The number of aryl methyl sites for hydroxylation is 1. The van der Waals surface area contributed by atoms with Gasteiger partial charge in [0, 0.05) is 23.4 Å². The standard InChI is InChI=1S/C18H21ClN2O4S/c1-5-10-26(23,24)21-18-17(19)15(8-9-20-18)25-14-7-6-11(2)16(12(14)3)13(4)22/h6-9H,5,10H2,1-4H3,(H,20,21). The van der Waals surface area contributed by atoms with Crippen LogP contribution in [0.1, 0.15) is 41.8 Å². The van der Waals surface area contributed by atoms with Gasteiger partial charge in [0.1, 0.15) is 10.8 Å². The van der Waals surface area contributed by atoms with Crippen molar-refractivity contribution in [3.63, 3.8) is 0 Å². The molecule has 0 spiro atoms. The molecule has 1 heterocycles. The fourth-order valence-corrected chi connectivity index (χ4v) is 3.98. The van der Waals surface area contributed by atoms with Crippen LogP contribution < -0.4 is 9.46 Å². The molecular weight excluding hydrogens is 376 g/mol. The highest BCUT2D eigenvalue weighted by Gasteiger charge is 2.18. The third-order valence-corrected chi connectivity index (χ3v) is 5.59. The van der Waals surface area contributed by atoms with Gasteiger partial charge in [-0.15, -0.1) is 0 Å². The first kappa shape index (κ1) is 20.2. The Hall–Kier alpha value is -2.12. The summed E-state index contributed by atoms with van der Waals surface area (Å²) in [5, 5.41) is 0.0523. The van der Waals surface area contributed by atoms with Crippen LogP contribution in [0.15, 0.2) is 24.4 Å². The molecule has 140 valence electrons. The Morgan fingerprint density at radius 2 is 1.92 bits per heavy atom. The number of anilines is 1. The number of ether oxygens (including phenoxy) is 1. The highest BCUT2D eigenvalue weighted by molar-refractivity contribution is 7.92. The number of hydrogen-bond donors (Lipinski definition) is 1. The summed E-state index contributed by atoms with van der Waals surface area (Å²) in [5.74, 6) is 0.636. The van der Waals surface area contributed by atoms with Crippen LogP contribution >= 0.6 is 11.6 Å². The number of aromatic nitrogens is 1. The summed E-state index contributed by atoms with van der Waals surface area (Å²) in [4.78, 5) is 15.8. The van der Waals surface area contributed by atoms with Crippen LogP contribution in [0.25, 0.3) is 0 Å². The first-order chi connectivity index (χ1) is 12.2. The van der Waals surface area contributed by atoms with Crippen molar-refractivity contribution in [1.29, 1.82) is 0 Å². The van der Waals surface area contributed by atoms with E-state index >= 15 is 0 Å². The molecule has 0 fully saturated rings. The van der Waals surface area contributed by atoms with E-state index in [4.69, 9.17) is 16.3 Å². The molecule has 2 rings (SSSR count). The number of pyridine rings is 1. The van der Waals surface area contributed by atoms with E-state index < -0.39 is 10.0 Å². The lowest BCUT2D eigenvalue weighted by molar-refractivity contribution is 0.101. The van der Waals surface area contributed by atoms with E-state index in [2.05, 4.69) is 9.71 Å². The molecule has 0 bridgehead atoms. The number of halogens is 1. The van der Waals surface area contributed by atoms with E-state index in [0.717, 1.165) is 5.56 Å². The number of sulfonamides is 1. The predicted molar refractivity (Wildman–Crippen MR) is 103 cm³/mol. The first-order valence-electron chi connectivity index (χ1n) is 8.10. The van der Waals surface area contributed by atoms with E-state index in [1.54, 1.807) is 26.0 Å². The van der Waals surface area contributed by atoms with Crippen LogP contribution in [0, 0.1) is 13.8 Å². The number of carbonyl (C=O) groups is 1. The molecule has 0 aliphatic rings. The van der Waals surface area contributed by atoms with Crippen LogP contribution in [0.4, 0.5) is 5.82 Å². The second kappa shape index (κ2) is 8.05. The van der Waals surface area contributed by atoms with Gasteiger partial charge in [-0.25, -0.2) is 13.4 Å². The summed E-state index contributed by atoms with van der Waals surface area (Å²) < 4.78 is 32.1. The molecule has 0 saturated carbocycles. The fraction of sp³-hybridized carbons (Fsp3) is 0.333. The Morgan fingerprint density at radius 1 is 1.23 bits per heavy atom. The number of nitrogens with one attached hydrogen (secondary N) is 1. The van der Waals surface area contributed by atoms with Crippen molar-refractivity contribution in [2.75, 3.05) is 10.5 Å². The first-order valence-corrected chi connectivity index (χ1v) is 10.1. The summed E-state index contributed by atoms with van der Waals surface area (Å²) in [7, 11) is -3.53. The number of rotatable bonds is 7. The third kappa shape index (κ3) is 4.53. The average molecular weight is 397 g/mol. The van der Waals surface area contributed by atoms with E-state index in [1.807, 2.05) is 6.92 Å². The topological polar surface area (TPSA) is 85.4 Å². The van der Waals surface area contributed by atoms with E-state index in [-0.39, 0.29) is 28.1 Å². The van der Waals surface area contributed by atoms with Crippen LogP contribution in [0.5, 0.6) is 11.5 Å². The minimum absolute atomic E-state index is 0.00849. The van der Waals surface area contributed by atoms with Gasteiger partial charge < -0.3 is 4.74 Å². The zero-order valence-corrected chi connectivity index (χ0v) is 16.7. The van der Waals surface area contributed by atoms with Gasteiger partial charge in [0.15, 0.2) is 17.4 Å². The summed E-state index contributed by atoms with van der Waals surface area (Å²) in [6, 6.07) is 5.07. The van der Waals surface area contributed by atoms with Crippen molar-refractivity contribution in [2.24, 2.45) is 0 Å².